The van der Waals surface area contributed by atoms with Gasteiger partial charge in [-0.15, -0.1) is 12.4 Å². The van der Waals surface area contributed by atoms with Gasteiger partial charge in [-0.25, -0.2) is 0 Å². The van der Waals surface area contributed by atoms with E-state index in [1.54, 1.807) is 24.1 Å². The first kappa shape index (κ1) is 20.4. The quantitative estimate of drug-likeness (QED) is 0.667. The van der Waals surface area contributed by atoms with Gasteiger partial charge in [-0.3, -0.25) is 14.9 Å². The Morgan fingerprint density at radius 3 is 2.38 bits per heavy atom. The van der Waals surface area contributed by atoms with Crippen LogP contribution in [0.25, 0.3) is 0 Å². The van der Waals surface area contributed by atoms with Gasteiger partial charge in [0.25, 0.3) is 11.6 Å². The third kappa shape index (κ3) is 4.45. The second kappa shape index (κ2) is 7.94. The number of halogens is 1. The molecule has 2 rings (SSSR count). The SMILES string of the molecule is CN(C(=O)c1ccc(C(C)(C)C)c([N+](=O)[O-])c1)C1CCNCC1.Cl. The lowest BCUT2D eigenvalue weighted by atomic mass is 9.85. The van der Waals surface area contributed by atoms with Crippen LogP contribution < -0.4 is 5.32 Å². The van der Waals surface area contributed by atoms with Crippen molar-refractivity contribution in [2.45, 2.75) is 45.1 Å². The highest BCUT2D eigenvalue weighted by molar-refractivity contribution is 5.95. The highest BCUT2D eigenvalue weighted by Gasteiger charge is 2.28. The molecule has 1 heterocycles. The Balaban J connectivity index is 0.00000288. The van der Waals surface area contributed by atoms with Crippen molar-refractivity contribution in [2.24, 2.45) is 0 Å². The number of benzene rings is 1. The number of hydrogen-bond donors (Lipinski definition) is 1. The maximum Gasteiger partial charge on any atom is 0.273 e. The molecule has 1 aromatic carbocycles. The van der Waals surface area contributed by atoms with Crippen molar-refractivity contribution in [1.29, 1.82) is 0 Å². The minimum atomic E-state index is -0.401. The molecule has 0 unspecified atom stereocenters. The van der Waals surface area contributed by atoms with Crippen molar-refractivity contribution in [3.63, 3.8) is 0 Å². The fourth-order valence-corrected chi connectivity index (χ4v) is 3.01. The number of carbonyl (C=O) groups is 1. The summed E-state index contributed by atoms with van der Waals surface area (Å²) in [4.78, 5) is 25.4. The van der Waals surface area contributed by atoms with Crippen LogP contribution in [-0.4, -0.2) is 41.9 Å². The van der Waals surface area contributed by atoms with Crippen molar-refractivity contribution in [2.75, 3.05) is 20.1 Å². The molecule has 1 amide bonds. The van der Waals surface area contributed by atoms with Crippen molar-refractivity contribution in [3.05, 3.63) is 39.4 Å². The molecule has 0 atom stereocenters. The molecule has 1 fully saturated rings. The normalized spacial score (nSPS) is 15.5. The van der Waals surface area contributed by atoms with Gasteiger partial charge in [0.2, 0.25) is 0 Å². The van der Waals surface area contributed by atoms with Crippen LogP contribution in [0, 0.1) is 10.1 Å². The van der Waals surface area contributed by atoms with Gasteiger partial charge in [0.15, 0.2) is 0 Å². The van der Waals surface area contributed by atoms with Gasteiger partial charge in [-0.1, -0.05) is 26.8 Å². The molecule has 1 saturated heterocycles. The Labute approximate surface area is 149 Å². The Bertz CT molecular complexity index is 608. The summed E-state index contributed by atoms with van der Waals surface area (Å²) in [6.07, 6.45) is 1.81. The second-order valence-corrected chi connectivity index (χ2v) is 7.14. The van der Waals surface area contributed by atoms with E-state index >= 15 is 0 Å². The summed E-state index contributed by atoms with van der Waals surface area (Å²) < 4.78 is 0. The van der Waals surface area contributed by atoms with Gasteiger partial charge in [-0.2, -0.15) is 0 Å². The number of nitro benzene ring substituents is 1. The van der Waals surface area contributed by atoms with E-state index in [2.05, 4.69) is 5.32 Å². The van der Waals surface area contributed by atoms with Crippen molar-refractivity contribution in [3.8, 4) is 0 Å². The average Bonchev–Trinajstić information content (AvgIpc) is 2.52. The van der Waals surface area contributed by atoms with Gasteiger partial charge in [0.1, 0.15) is 0 Å². The highest BCUT2D eigenvalue weighted by atomic mass is 35.5. The number of amides is 1. The van der Waals surface area contributed by atoms with Crippen LogP contribution in [0.15, 0.2) is 18.2 Å². The van der Waals surface area contributed by atoms with E-state index in [0.717, 1.165) is 25.9 Å². The molecule has 1 aliphatic heterocycles. The number of nitrogens with one attached hydrogen (secondary N) is 1. The summed E-state index contributed by atoms with van der Waals surface area (Å²) >= 11 is 0. The van der Waals surface area contributed by atoms with Crippen LogP contribution in [0.5, 0.6) is 0 Å². The van der Waals surface area contributed by atoms with E-state index in [4.69, 9.17) is 0 Å². The zero-order chi connectivity index (χ0) is 17.2. The Morgan fingerprint density at radius 1 is 1.29 bits per heavy atom. The summed E-state index contributed by atoms with van der Waals surface area (Å²) in [6.45, 7) is 7.57. The zero-order valence-electron chi connectivity index (χ0n) is 14.7. The molecule has 0 spiro atoms. The average molecular weight is 356 g/mol. The predicted octanol–water partition coefficient (Wildman–Crippen LogP) is 3.14. The van der Waals surface area contributed by atoms with E-state index in [1.807, 2.05) is 20.8 Å². The molecule has 0 saturated carbocycles. The molecular formula is C17H26ClN3O3. The summed E-state index contributed by atoms with van der Waals surface area (Å²) in [6, 6.07) is 5.01. The molecular weight excluding hydrogens is 330 g/mol. The molecule has 1 N–H and O–H groups in total. The fourth-order valence-electron chi connectivity index (χ4n) is 3.01. The van der Waals surface area contributed by atoms with Gasteiger partial charge in [-0.05, 0) is 37.4 Å². The molecule has 1 aliphatic rings. The third-order valence-corrected chi connectivity index (χ3v) is 4.43. The maximum atomic E-state index is 12.7. The minimum absolute atomic E-state index is 0. The van der Waals surface area contributed by atoms with Crippen molar-refractivity contribution >= 4 is 24.0 Å². The van der Waals surface area contributed by atoms with Crippen LogP contribution in [-0.2, 0) is 5.41 Å². The monoisotopic (exact) mass is 355 g/mol. The molecule has 24 heavy (non-hydrogen) atoms. The molecule has 1 aromatic rings. The van der Waals surface area contributed by atoms with E-state index < -0.39 is 4.92 Å². The molecule has 0 aromatic heterocycles. The number of nitro groups is 1. The first-order chi connectivity index (χ1) is 10.7. The molecule has 7 heteroatoms. The number of hydrogen-bond acceptors (Lipinski definition) is 4. The standard InChI is InChI=1S/C17H25N3O3.ClH/c1-17(2,3)14-6-5-12(11-15(14)20(22)23)16(21)19(4)13-7-9-18-10-8-13;/h5-6,11,13,18H,7-10H2,1-4H3;1H. The van der Waals surface area contributed by atoms with Crippen LogP contribution in [0.2, 0.25) is 0 Å². The third-order valence-electron chi connectivity index (χ3n) is 4.43. The minimum Gasteiger partial charge on any atom is -0.339 e. The number of piperidine rings is 1. The Kier molecular flexibility index (Phi) is 6.75. The molecule has 134 valence electrons. The van der Waals surface area contributed by atoms with Gasteiger partial charge in [0, 0.05) is 30.3 Å². The maximum absolute atomic E-state index is 12.7. The van der Waals surface area contributed by atoms with Crippen LogP contribution in [0.3, 0.4) is 0 Å². The van der Waals surface area contributed by atoms with E-state index in [-0.39, 0.29) is 35.5 Å². The van der Waals surface area contributed by atoms with E-state index in [0.29, 0.717) is 11.1 Å². The van der Waals surface area contributed by atoms with Crippen molar-refractivity contribution < 1.29 is 9.72 Å². The molecule has 0 radical (unpaired) electrons. The largest absolute Gasteiger partial charge is 0.339 e. The molecule has 6 nitrogen and oxygen atoms in total. The van der Waals surface area contributed by atoms with Gasteiger partial charge < -0.3 is 10.2 Å². The van der Waals surface area contributed by atoms with Gasteiger partial charge >= 0.3 is 0 Å². The predicted molar refractivity (Wildman–Crippen MR) is 97.0 cm³/mol. The van der Waals surface area contributed by atoms with Crippen LogP contribution in [0.4, 0.5) is 5.69 Å². The lowest BCUT2D eigenvalue weighted by Crippen LogP contribution is -2.44. The first-order valence-electron chi connectivity index (χ1n) is 7.98. The molecule has 0 bridgehead atoms. The zero-order valence-corrected chi connectivity index (χ0v) is 15.5. The topological polar surface area (TPSA) is 75.5 Å². The summed E-state index contributed by atoms with van der Waals surface area (Å²) in [5.41, 5.74) is 0.696. The summed E-state index contributed by atoms with van der Waals surface area (Å²) in [7, 11) is 1.78. The van der Waals surface area contributed by atoms with Gasteiger partial charge in [0.05, 0.1) is 4.92 Å². The van der Waals surface area contributed by atoms with Crippen LogP contribution >= 0.6 is 12.4 Å². The van der Waals surface area contributed by atoms with Crippen molar-refractivity contribution in [1.82, 2.24) is 10.2 Å². The van der Waals surface area contributed by atoms with Crippen LogP contribution in [0.1, 0.15) is 49.5 Å². The smallest absolute Gasteiger partial charge is 0.273 e. The summed E-state index contributed by atoms with van der Waals surface area (Å²) in [5, 5.41) is 14.7. The Morgan fingerprint density at radius 2 is 1.88 bits per heavy atom. The number of nitrogens with zero attached hydrogens (tertiary/aromatic N) is 2. The van der Waals surface area contributed by atoms with E-state index in [1.165, 1.54) is 6.07 Å². The highest BCUT2D eigenvalue weighted by Crippen LogP contribution is 2.32. The Hall–Kier alpha value is -1.66. The fraction of sp³-hybridized carbons (Fsp3) is 0.588. The lowest BCUT2D eigenvalue weighted by molar-refractivity contribution is -0.386. The first-order valence-corrected chi connectivity index (χ1v) is 7.98. The number of carbonyl (C=O) groups excluding carboxylic acids is 1. The lowest BCUT2D eigenvalue weighted by Gasteiger charge is -2.31. The van der Waals surface area contributed by atoms with E-state index in [9.17, 15) is 14.9 Å². The second-order valence-electron chi connectivity index (χ2n) is 7.14. The number of rotatable bonds is 3. The molecule has 0 aliphatic carbocycles. The summed E-state index contributed by atoms with van der Waals surface area (Å²) in [5.74, 6) is -0.152.